The van der Waals surface area contributed by atoms with E-state index >= 15 is 0 Å². The maximum absolute atomic E-state index is 14.4. The lowest BCUT2D eigenvalue weighted by Crippen LogP contribution is -2.56. The molecule has 2 amide bonds. The first-order valence-corrected chi connectivity index (χ1v) is 9.82. The molecule has 0 atom stereocenters. The Labute approximate surface area is 169 Å². The normalized spacial score (nSPS) is 13.7. The van der Waals surface area contributed by atoms with Crippen LogP contribution in [0.2, 0.25) is 0 Å². The van der Waals surface area contributed by atoms with Gasteiger partial charge in [0.1, 0.15) is 5.82 Å². The van der Waals surface area contributed by atoms with Gasteiger partial charge >= 0.3 is 0 Å². The summed E-state index contributed by atoms with van der Waals surface area (Å²) in [6.07, 6.45) is 1.91. The summed E-state index contributed by atoms with van der Waals surface area (Å²) in [7, 11) is 1.73. The Morgan fingerprint density at radius 3 is 2.62 bits per heavy atom. The van der Waals surface area contributed by atoms with Gasteiger partial charge in [-0.1, -0.05) is 13.3 Å². The molecule has 1 aliphatic rings. The number of hydrogen-bond donors (Lipinski definition) is 2. The number of nitrogens with one attached hydrogen (secondary N) is 2. The zero-order valence-electron chi connectivity index (χ0n) is 17.0. The third kappa shape index (κ3) is 4.76. The van der Waals surface area contributed by atoms with Gasteiger partial charge in [0.25, 0.3) is 11.8 Å². The minimum Gasteiger partial charge on any atom is -0.347 e. The highest BCUT2D eigenvalue weighted by atomic mass is 19.1. The van der Waals surface area contributed by atoms with Crippen LogP contribution in [-0.2, 0) is 0 Å². The molecule has 0 unspecified atom stereocenters. The average molecular weight is 399 g/mol. The molecule has 154 valence electrons. The number of unbranched alkanes of at least 4 members (excludes halogenated alkanes) is 1. The number of aromatic nitrogens is 2. The second kappa shape index (κ2) is 9.09. The van der Waals surface area contributed by atoms with Crippen LogP contribution in [0.15, 0.2) is 24.3 Å². The molecule has 2 heterocycles. The Hall–Kier alpha value is -2.87. The largest absolute Gasteiger partial charge is 0.347 e. The Morgan fingerprint density at radius 1 is 1.28 bits per heavy atom. The van der Waals surface area contributed by atoms with Crippen molar-refractivity contribution in [2.75, 3.05) is 26.7 Å². The van der Waals surface area contributed by atoms with Crippen molar-refractivity contribution >= 4 is 11.8 Å². The van der Waals surface area contributed by atoms with Crippen LogP contribution in [0.1, 0.15) is 46.2 Å². The number of benzene rings is 1. The van der Waals surface area contributed by atoms with Gasteiger partial charge in [-0.2, -0.15) is 0 Å². The second-order valence-corrected chi connectivity index (χ2v) is 7.34. The van der Waals surface area contributed by atoms with Crippen LogP contribution in [0.4, 0.5) is 4.39 Å². The summed E-state index contributed by atoms with van der Waals surface area (Å²) in [5, 5.41) is 14.1. The molecule has 2 aromatic rings. The number of nitrogens with zero attached hydrogens (tertiary/aromatic N) is 3. The Bertz CT molecular complexity index is 897. The Balaban J connectivity index is 1.82. The zero-order valence-corrected chi connectivity index (χ0v) is 17.0. The lowest BCUT2D eigenvalue weighted by atomic mass is 10.0. The molecular weight excluding hydrogens is 373 g/mol. The first-order valence-electron chi connectivity index (χ1n) is 9.82. The van der Waals surface area contributed by atoms with E-state index in [1.165, 1.54) is 6.07 Å². The van der Waals surface area contributed by atoms with E-state index in [9.17, 15) is 14.0 Å². The number of halogens is 1. The third-order valence-corrected chi connectivity index (χ3v) is 5.08. The number of carbonyl (C=O) groups excluding carboxylic acids is 2. The van der Waals surface area contributed by atoms with Crippen LogP contribution in [0.25, 0.3) is 11.3 Å². The summed E-state index contributed by atoms with van der Waals surface area (Å²) in [5.74, 6) is -1.02. The SMILES string of the molecule is CCCCN(C)C(=O)c1ccc(-c2cc(C(=O)NC3CNC3)cc(F)c2C)nn1. The van der Waals surface area contributed by atoms with Crippen molar-refractivity contribution in [2.45, 2.75) is 32.7 Å². The van der Waals surface area contributed by atoms with E-state index in [4.69, 9.17) is 0 Å². The first-order chi connectivity index (χ1) is 13.9. The van der Waals surface area contributed by atoms with Crippen LogP contribution in [-0.4, -0.2) is 59.6 Å². The molecule has 7 nitrogen and oxygen atoms in total. The minimum absolute atomic E-state index is 0.0603. The molecule has 1 aliphatic heterocycles. The van der Waals surface area contributed by atoms with Crippen LogP contribution in [0.3, 0.4) is 0 Å². The van der Waals surface area contributed by atoms with Crippen molar-refractivity contribution < 1.29 is 14.0 Å². The van der Waals surface area contributed by atoms with E-state index < -0.39 is 5.82 Å². The van der Waals surface area contributed by atoms with Crippen molar-refractivity contribution in [1.82, 2.24) is 25.7 Å². The van der Waals surface area contributed by atoms with Gasteiger partial charge in [-0.15, -0.1) is 10.2 Å². The van der Waals surface area contributed by atoms with Gasteiger partial charge < -0.3 is 15.5 Å². The lowest BCUT2D eigenvalue weighted by molar-refractivity contribution is 0.0786. The molecule has 1 aromatic carbocycles. The van der Waals surface area contributed by atoms with Gasteiger partial charge in [0.05, 0.1) is 11.7 Å². The highest BCUT2D eigenvalue weighted by molar-refractivity contribution is 5.96. The van der Waals surface area contributed by atoms with Crippen molar-refractivity contribution in [2.24, 2.45) is 0 Å². The van der Waals surface area contributed by atoms with Gasteiger partial charge in [-0.3, -0.25) is 9.59 Å². The number of amides is 2. The average Bonchev–Trinajstić information content (AvgIpc) is 2.70. The first kappa shape index (κ1) is 20.9. The highest BCUT2D eigenvalue weighted by Gasteiger charge is 2.21. The topological polar surface area (TPSA) is 87.2 Å². The van der Waals surface area contributed by atoms with Crippen molar-refractivity contribution in [1.29, 1.82) is 0 Å². The van der Waals surface area contributed by atoms with Crippen LogP contribution in [0, 0.1) is 12.7 Å². The van der Waals surface area contributed by atoms with E-state index in [2.05, 4.69) is 27.8 Å². The van der Waals surface area contributed by atoms with Crippen LogP contribution >= 0.6 is 0 Å². The third-order valence-electron chi connectivity index (χ3n) is 5.08. The molecule has 0 radical (unpaired) electrons. The molecule has 0 bridgehead atoms. The Kier molecular flexibility index (Phi) is 6.53. The lowest BCUT2D eigenvalue weighted by Gasteiger charge is -2.28. The van der Waals surface area contributed by atoms with Gasteiger partial charge in [-0.25, -0.2) is 4.39 Å². The fraction of sp³-hybridized carbons (Fsp3) is 0.429. The summed E-state index contributed by atoms with van der Waals surface area (Å²) in [6.45, 7) is 5.76. The van der Waals surface area contributed by atoms with Gasteiger partial charge in [0.15, 0.2) is 5.69 Å². The molecule has 0 aliphatic carbocycles. The van der Waals surface area contributed by atoms with Crippen LogP contribution in [0.5, 0.6) is 0 Å². The summed E-state index contributed by atoms with van der Waals surface area (Å²) in [4.78, 5) is 26.4. The molecule has 1 saturated heterocycles. The fourth-order valence-corrected chi connectivity index (χ4v) is 3.02. The minimum atomic E-state index is -0.486. The smallest absolute Gasteiger partial charge is 0.274 e. The molecule has 1 aromatic heterocycles. The summed E-state index contributed by atoms with van der Waals surface area (Å²) in [5.41, 5.74) is 1.73. The highest BCUT2D eigenvalue weighted by Crippen LogP contribution is 2.25. The Morgan fingerprint density at radius 2 is 2.03 bits per heavy atom. The predicted octanol–water partition coefficient (Wildman–Crippen LogP) is 2.16. The van der Waals surface area contributed by atoms with Crippen molar-refractivity contribution in [3.8, 4) is 11.3 Å². The number of rotatable bonds is 7. The summed E-state index contributed by atoms with van der Waals surface area (Å²) in [6, 6.07) is 6.11. The second-order valence-electron chi connectivity index (χ2n) is 7.34. The quantitative estimate of drug-likeness (QED) is 0.745. The van der Waals surface area contributed by atoms with E-state index in [0.29, 0.717) is 36.5 Å². The number of hydrogen-bond acceptors (Lipinski definition) is 5. The molecule has 3 rings (SSSR count). The summed E-state index contributed by atoms with van der Waals surface area (Å²) < 4.78 is 14.4. The van der Waals surface area contributed by atoms with E-state index in [1.54, 1.807) is 37.1 Å². The maximum atomic E-state index is 14.4. The van der Waals surface area contributed by atoms with Gasteiger partial charge in [0.2, 0.25) is 0 Å². The fourth-order valence-electron chi connectivity index (χ4n) is 3.02. The van der Waals surface area contributed by atoms with Crippen molar-refractivity contribution in [3.05, 3.63) is 46.9 Å². The molecule has 29 heavy (non-hydrogen) atoms. The maximum Gasteiger partial charge on any atom is 0.274 e. The van der Waals surface area contributed by atoms with E-state index in [-0.39, 0.29) is 29.1 Å². The van der Waals surface area contributed by atoms with E-state index in [0.717, 1.165) is 12.8 Å². The molecule has 2 N–H and O–H groups in total. The zero-order chi connectivity index (χ0) is 21.0. The molecule has 1 fully saturated rings. The molecular formula is C21H26FN5O2. The standard InChI is InChI=1S/C21H26FN5O2/c1-4-5-8-27(3)21(29)19-7-6-18(25-26-19)16-9-14(10-17(22)13(16)2)20(28)24-15-11-23-12-15/h6-7,9-10,15,23H,4-5,8,11-12H2,1-3H3,(H,24,28). The predicted molar refractivity (Wildman–Crippen MR) is 108 cm³/mol. The monoisotopic (exact) mass is 399 g/mol. The van der Waals surface area contributed by atoms with Gasteiger partial charge in [0, 0.05) is 37.8 Å². The molecule has 8 heteroatoms. The van der Waals surface area contributed by atoms with Crippen molar-refractivity contribution in [3.63, 3.8) is 0 Å². The number of carbonyl (C=O) groups is 2. The van der Waals surface area contributed by atoms with Gasteiger partial charge in [-0.05, 0) is 43.2 Å². The molecule has 0 saturated carbocycles. The summed E-state index contributed by atoms with van der Waals surface area (Å²) >= 11 is 0. The van der Waals surface area contributed by atoms with E-state index in [1.807, 2.05) is 0 Å². The molecule has 0 spiro atoms. The van der Waals surface area contributed by atoms with Crippen LogP contribution < -0.4 is 10.6 Å².